The minimum Gasteiger partial charge on any atom is -0.378 e. The summed E-state index contributed by atoms with van der Waals surface area (Å²) < 4.78 is 0. The van der Waals surface area contributed by atoms with Gasteiger partial charge in [-0.25, -0.2) is 0 Å². The topological polar surface area (TPSA) is 54.5 Å². The highest BCUT2D eigenvalue weighted by molar-refractivity contribution is 6.66. The number of carbonyl (C=O) groups excluding carboxylic acids is 3. The van der Waals surface area contributed by atoms with Gasteiger partial charge in [-0.3, -0.25) is 14.4 Å². The molecule has 4 nitrogen and oxygen atoms in total. The highest BCUT2D eigenvalue weighted by atomic mass is 16.2. The van der Waals surface area contributed by atoms with Crippen LogP contribution >= 0.6 is 0 Å². The van der Waals surface area contributed by atoms with Gasteiger partial charge in [0.25, 0.3) is 5.78 Å². The molecule has 1 aromatic carbocycles. The number of anilines is 1. The van der Waals surface area contributed by atoms with Gasteiger partial charge in [0.1, 0.15) is 0 Å². The van der Waals surface area contributed by atoms with Crippen molar-refractivity contribution >= 4 is 23.0 Å². The molecule has 0 unspecified atom stereocenters. The Kier molecular flexibility index (Phi) is 3.55. The van der Waals surface area contributed by atoms with Gasteiger partial charge >= 0.3 is 0 Å². The number of benzene rings is 1. The number of ketones is 3. The van der Waals surface area contributed by atoms with Crippen LogP contribution in [0.1, 0.15) is 17.3 Å². The first kappa shape index (κ1) is 12.1. The first-order valence-corrected chi connectivity index (χ1v) is 4.80. The largest absolute Gasteiger partial charge is 0.378 e. The molecule has 0 amide bonds. The van der Waals surface area contributed by atoms with Crippen molar-refractivity contribution in [3.05, 3.63) is 29.8 Å². The Morgan fingerprint density at radius 1 is 1.12 bits per heavy atom. The summed E-state index contributed by atoms with van der Waals surface area (Å²) in [5.41, 5.74) is 1.05. The van der Waals surface area contributed by atoms with Crippen LogP contribution in [0.3, 0.4) is 0 Å². The third kappa shape index (κ3) is 2.53. The standard InChI is InChI=1S/C12H13NO3/c1-8(14)11(15)12(16)9-5-4-6-10(7-9)13(2)3/h4-7H,1-3H3. The molecule has 0 radical (unpaired) electrons. The van der Waals surface area contributed by atoms with Crippen LogP contribution < -0.4 is 4.90 Å². The minimum atomic E-state index is -0.976. The van der Waals surface area contributed by atoms with Gasteiger partial charge in [-0.2, -0.15) is 0 Å². The summed E-state index contributed by atoms with van der Waals surface area (Å²) in [5, 5.41) is 0. The lowest BCUT2D eigenvalue weighted by Crippen LogP contribution is -2.21. The van der Waals surface area contributed by atoms with E-state index in [0.717, 1.165) is 12.6 Å². The first-order valence-electron chi connectivity index (χ1n) is 4.80. The lowest BCUT2D eigenvalue weighted by Gasteiger charge is -2.12. The van der Waals surface area contributed by atoms with E-state index in [4.69, 9.17) is 0 Å². The van der Waals surface area contributed by atoms with E-state index in [-0.39, 0.29) is 5.56 Å². The summed E-state index contributed by atoms with van der Waals surface area (Å²) in [7, 11) is 3.66. The van der Waals surface area contributed by atoms with Crippen molar-refractivity contribution in [1.82, 2.24) is 0 Å². The Morgan fingerprint density at radius 2 is 1.75 bits per heavy atom. The quantitative estimate of drug-likeness (QED) is 0.432. The second-order valence-electron chi connectivity index (χ2n) is 3.66. The molecule has 1 rings (SSSR count). The normalized spacial score (nSPS) is 9.69. The van der Waals surface area contributed by atoms with Crippen LogP contribution in [0.5, 0.6) is 0 Å². The molecule has 0 saturated carbocycles. The third-order valence-electron chi connectivity index (χ3n) is 2.15. The summed E-state index contributed by atoms with van der Waals surface area (Å²) in [6, 6.07) is 6.60. The van der Waals surface area contributed by atoms with Gasteiger partial charge in [0.2, 0.25) is 11.6 Å². The highest BCUT2D eigenvalue weighted by Gasteiger charge is 2.20. The molecule has 0 N–H and O–H groups in total. The smallest absolute Gasteiger partial charge is 0.268 e. The number of rotatable bonds is 4. The molecule has 16 heavy (non-hydrogen) atoms. The molecule has 0 atom stereocenters. The molecule has 0 bridgehead atoms. The molecule has 1 aromatic rings. The molecule has 0 heterocycles. The molecule has 0 saturated heterocycles. The van der Waals surface area contributed by atoms with E-state index in [2.05, 4.69) is 0 Å². The molecular formula is C12H13NO3. The van der Waals surface area contributed by atoms with Crippen molar-refractivity contribution in [1.29, 1.82) is 0 Å². The Morgan fingerprint density at radius 3 is 2.25 bits per heavy atom. The Hall–Kier alpha value is -1.97. The number of Topliss-reactive ketones (excluding diaryl/α,β-unsaturated/α-hetero) is 3. The molecular weight excluding hydrogens is 206 g/mol. The molecule has 0 aliphatic carbocycles. The van der Waals surface area contributed by atoms with Crippen molar-refractivity contribution in [2.24, 2.45) is 0 Å². The zero-order valence-electron chi connectivity index (χ0n) is 9.48. The fourth-order valence-electron chi connectivity index (χ4n) is 1.22. The average molecular weight is 219 g/mol. The van der Waals surface area contributed by atoms with Crippen LogP contribution in [0.4, 0.5) is 5.69 Å². The first-order chi connectivity index (χ1) is 7.43. The van der Waals surface area contributed by atoms with Crippen LogP contribution in [-0.4, -0.2) is 31.4 Å². The van der Waals surface area contributed by atoms with Gasteiger partial charge in [-0.05, 0) is 12.1 Å². The summed E-state index contributed by atoms with van der Waals surface area (Å²) in [6.45, 7) is 1.09. The van der Waals surface area contributed by atoms with Crippen LogP contribution in [-0.2, 0) is 9.59 Å². The molecule has 0 spiro atoms. The maximum absolute atomic E-state index is 11.6. The van der Waals surface area contributed by atoms with E-state index in [9.17, 15) is 14.4 Å². The predicted octanol–water partition coefficient (Wildman–Crippen LogP) is 1.09. The summed E-state index contributed by atoms with van der Waals surface area (Å²) in [6.07, 6.45) is 0. The van der Waals surface area contributed by atoms with E-state index >= 15 is 0 Å². The van der Waals surface area contributed by atoms with Gasteiger partial charge in [-0.1, -0.05) is 12.1 Å². The van der Waals surface area contributed by atoms with Crippen LogP contribution in [0.2, 0.25) is 0 Å². The minimum absolute atomic E-state index is 0.242. The van der Waals surface area contributed by atoms with Crippen LogP contribution in [0.15, 0.2) is 24.3 Å². The zero-order valence-corrected chi connectivity index (χ0v) is 9.48. The van der Waals surface area contributed by atoms with Crippen LogP contribution in [0, 0.1) is 0 Å². The lowest BCUT2D eigenvalue weighted by atomic mass is 10.0. The molecule has 0 aromatic heterocycles. The van der Waals surface area contributed by atoms with E-state index in [1.54, 1.807) is 12.1 Å². The Balaban J connectivity index is 3.05. The number of nitrogens with zero attached hydrogens (tertiary/aromatic N) is 1. The average Bonchev–Trinajstić information content (AvgIpc) is 2.27. The van der Waals surface area contributed by atoms with Gasteiger partial charge in [-0.15, -0.1) is 0 Å². The maximum atomic E-state index is 11.6. The SMILES string of the molecule is CC(=O)C(=O)C(=O)c1cccc(N(C)C)c1. The Labute approximate surface area is 93.9 Å². The second kappa shape index (κ2) is 4.70. The van der Waals surface area contributed by atoms with Crippen molar-refractivity contribution < 1.29 is 14.4 Å². The molecule has 0 aliphatic heterocycles. The maximum Gasteiger partial charge on any atom is 0.268 e. The summed E-state index contributed by atoms with van der Waals surface area (Å²) in [5.74, 6) is -2.47. The Bertz CT molecular complexity index is 449. The number of hydrogen-bond acceptors (Lipinski definition) is 4. The van der Waals surface area contributed by atoms with E-state index in [1.165, 1.54) is 6.07 Å². The van der Waals surface area contributed by atoms with Crippen molar-refractivity contribution in [2.45, 2.75) is 6.92 Å². The van der Waals surface area contributed by atoms with Crippen molar-refractivity contribution in [3.8, 4) is 0 Å². The van der Waals surface area contributed by atoms with Crippen molar-refractivity contribution in [3.63, 3.8) is 0 Å². The van der Waals surface area contributed by atoms with Gasteiger partial charge in [0.05, 0.1) is 0 Å². The third-order valence-corrected chi connectivity index (χ3v) is 2.15. The van der Waals surface area contributed by atoms with Gasteiger partial charge in [0, 0.05) is 32.3 Å². The lowest BCUT2D eigenvalue weighted by molar-refractivity contribution is -0.132. The van der Waals surface area contributed by atoms with Crippen LogP contribution in [0.25, 0.3) is 0 Å². The van der Waals surface area contributed by atoms with Gasteiger partial charge in [0.15, 0.2) is 0 Å². The van der Waals surface area contributed by atoms with Crippen molar-refractivity contribution in [2.75, 3.05) is 19.0 Å². The molecule has 0 aliphatic rings. The predicted molar refractivity (Wildman–Crippen MR) is 60.8 cm³/mol. The fourth-order valence-corrected chi connectivity index (χ4v) is 1.22. The zero-order chi connectivity index (χ0) is 12.3. The van der Waals surface area contributed by atoms with E-state index < -0.39 is 17.3 Å². The molecule has 4 heteroatoms. The highest BCUT2D eigenvalue weighted by Crippen LogP contribution is 2.14. The molecule has 0 fully saturated rings. The molecule has 84 valence electrons. The summed E-state index contributed by atoms with van der Waals surface area (Å²) >= 11 is 0. The number of carbonyl (C=O) groups is 3. The van der Waals surface area contributed by atoms with E-state index in [1.807, 2.05) is 25.1 Å². The summed E-state index contributed by atoms with van der Waals surface area (Å²) in [4.78, 5) is 35.4. The van der Waals surface area contributed by atoms with E-state index in [0.29, 0.717) is 0 Å². The number of hydrogen-bond donors (Lipinski definition) is 0. The second-order valence-corrected chi connectivity index (χ2v) is 3.66. The fraction of sp³-hybridized carbons (Fsp3) is 0.250. The van der Waals surface area contributed by atoms with Gasteiger partial charge < -0.3 is 4.90 Å². The monoisotopic (exact) mass is 219 g/mol.